The van der Waals surface area contributed by atoms with E-state index >= 15 is 0 Å². The highest BCUT2D eigenvalue weighted by Crippen LogP contribution is 2.18. The minimum Gasteiger partial charge on any atom is -0.0885 e. The molecule has 0 spiro atoms. The Bertz CT molecular complexity index is 202. The third-order valence-electron chi connectivity index (χ3n) is 3.63. The van der Waals surface area contributed by atoms with Gasteiger partial charge >= 0.3 is 0 Å². The topological polar surface area (TPSA) is 0 Å². The van der Waals surface area contributed by atoms with Crippen LogP contribution in [0.5, 0.6) is 0 Å². The van der Waals surface area contributed by atoms with Gasteiger partial charge in [-0.3, -0.25) is 0 Å². The molecule has 0 aromatic heterocycles. The number of allylic oxidation sites excluding steroid dienone is 2. The van der Waals surface area contributed by atoms with E-state index in [0.717, 1.165) is 3.92 Å². The van der Waals surface area contributed by atoms with Crippen molar-refractivity contribution in [2.24, 2.45) is 0 Å². The molecule has 0 N–H and O–H groups in total. The van der Waals surface area contributed by atoms with E-state index in [4.69, 9.17) is 0 Å². The van der Waals surface area contributed by atoms with Gasteiger partial charge in [-0.05, 0) is 32.1 Å². The molecule has 0 aromatic carbocycles. The zero-order valence-corrected chi connectivity index (χ0v) is 17.6. The highest BCUT2D eigenvalue weighted by atomic mass is 127. The van der Waals surface area contributed by atoms with E-state index in [2.05, 4.69) is 68.7 Å². The zero-order chi connectivity index (χ0) is 14.9. The lowest BCUT2D eigenvalue weighted by molar-refractivity contribution is 0.610. The normalized spacial score (nSPS) is 13.2. The van der Waals surface area contributed by atoms with E-state index in [-0.39, 0.29) is 0 Å². The standard InChI is InChI=1S/C18H33I2/c1-2-3-4-5-6-7-8-9-10-11-12-13-14-15-16-18(20)17-19/h9-10,17-18H,2-8,11-16H2,1H3/b10-9-. The smallest absolute Gasteiger partial charge is 0.0355 e. The summed E-state index contributed by atoms with van der Waals surface area (Å²) in [6.45, 7) is 2.28. The van der Waals surface area contributed by atoms with Crippen molar-refractivity contribution in [2.45, 2.75) is 94.3 Å². The van der Waals surface area contributed by atoms with Crippen LogP contribution in [0.4, 0.5) is 0 Å². The number of hydrogen-bond donors (Lipinski definition) is 0. The third kappa shape index (κ3) is 17.3. The van der Waals surface area contributed by atoms with E-state index in [1.165, 1.54) is 83.5 Å². The summed E-state index contributed by atoms with van der Waals surface area (Å²) < 4.78 is 3.05. The summed E-state index contributed by atoms with van der Waals surface area (Å²) >= 11 is 4.90. The molecule has 0 heterocycles. The Labute approximate surface area is 155 Å². The van der Waals surface area contributed by atoms with Crippen LogP contribution >= 0.6 is 45.2 Å². The third-order valence-corrected chi connectivity index (χ3v) is 6.85. The van der Waals surface area contributed by atoms with Crippen LogP contribution in [0.3, 0.4) is 0 Å². The van der Waals surface area contributed by atoms with E-state index in [0.29, 0.717) is 0 Å². The van der Waals surface area contributed by atoms with E-state index < -0.39 is 0 Å². The molecule has 20 heavy (non-hydrogen) atoms. The van der Waals surface area contributed by atoms with Gasteiger partial charge in [-0.2, -0.15) is 0 Å². The second-order valence-electron chi connectivity index (χ2n) is 5.66. The van der Waals surface area contributed by atoms with Crippen molar-refractivity contribution >= 4 is 45.2 Å². The molecular weight excluding hydrogens is 470 g/mol. The largest absolute Gasteiger partial charge is 0.0885 e. The van der Waals surface area contributed by atoms with Gasteiger partial charge in [-0.1, -0.05) is 116 Å². The monoisotopic (exact) mass is 503 g/mol. The first-order valence-electron chi connectivity index (χ1n) is 8.53. The first-order valence-corrected chi connectivity index (χ1v) is 11.0. The van der Waals surface area contributed by atoms with Crippen molar-refractivity contribution in [3.05, 3.63) is 16.6 Å². The number of alkyl halides is 1. The molecule has 0 aliphatic rings. The van der Waals surface area contributed by atoms with Gasteiger partial charge in [0.05, 0.1) is 0 Å². The predicted molar refractivity (Wildman–Crippen MR) is 111 cm³/mol. The maximum absolute atomic E-state index is 2.53. The molecule has 0 saturated heterocycles. The van der Waals surface area contributed by atoms with Crippen LogP contribution in [0.1, 0.15) is 90.4 Å². The Morgan fingerprint density at radius 3 is 1.80 bits per heavy atom. The van der Waals surface area contributed by atoms with E-state index in [1.807, 2.05) is 0 Å². The molecule has 0 saturated carbocycles. The quantitative estimate of drug-likeness (QED) is 0.0919. The molecule has 119 valence electrons. The minimum atomic E-state index is 0.769. The summed E-state index contributed by atoms with van der Waals surface area (Å²) in [5.41, 5.74) is 0. The summed E-state index contributed by atoms with van der Waals surface area (Å²) in [6.07, 6.45) is 22.8. The molecule has 0 rings (SSSR count). The first-order chi connectivity index (χ1) is 9.81. The highest BCUT2D eigenvalue weighted by molar-refractivity contribution is 14.1. The lowest BCUT2D eigenvalue weighted by Gasteiger charge is -2.04. The lowest BCUT2D eigenvalue weighted by atomic mass is 10.1. The Kier molecular flexibility index (Phi) is 19.3. The molecule has 2 heteroatoms. The van der Waals surface area contributed by atoms with E-state index in [9.17, 15) is 0 Å². The molecule has 0 nitrogen and oxygen atoms in total. The second-order valence-corrected chi connectivity index (χ2v) is 7.98. The second kappa shape index (κ2) is 18.2. The predicted octanol–water partition coefficient (Wildman–Crippen LogP) is 8.03. The fourth-order valence-electron chi connectivity index (χ4n) is 2.30. The summed E-state index contributed by atoms with van der Waals surface area (Å²) in [7, 11) is 0. The number of unbranched alkanes of at least 4 members (excludes halogenated alkanes) is 10. The van der Waals surface area contributed by atoms with Gasteiger partial charge in [0, 0.05) is 8.35 Å². The van der Waals surface area contributed by atoms with E-state index in [1.54, 1.807) is 0 Å². The molecule has 1 atom stereocenters. The van der Waals surface area contributed by atoms with Crippen LogP contribution in [0.25, 0.3) is 0 Å². The van der Waals surface area contributed by atoms with Gasteiger partial charge in [-0.25, -0.2) is 0 Å². The molecule has 0 aliphatic carbocycles. The Balaban J connectivity index is 3.09. The summed E-state index contributed by atoms with van der Waals surface area (Å²) in [4.78, 5) is 0. The molecule has 0 aromatic rings. The minimum absolute atomic E-state index is 0.769. The average molecular weight is 503 g/mol. The highest BCUT2D eigenvalue weighted by Gasteiger charge is 2.00. The molecule has 0 aliphatic heterocycles. The molecule has 1 radical (unpaired) electrons. The average Bonchev–Trinajstić information content (AvgIpc) is 2.47. The van der Waals surface area contributed by atoms with Crippen LogP contribution in [0.15, 0.2) is 12.2 Å². The summed E-state index contributed by atoms with van der Waals surface area (Å²) in [5, 5.41) is 0. The maximum Gasteiger partial charge on any atom is 0.0355 e. The van der Waals surface area contributed by atoms with Gasteiger partial charge in [0.2, 0.25) is 0 Å². The Hall–Kier alpha value is 1.20. The van der Waals surface area contributed by atoms with Crippen molar-refractivity contribution in [2.75, 3.05) is 0 Å². The lowest BCUT2D eigenvalue weighted by Crippen LogP contribution is -1.93. The fourth-order valence-corrected chi connectivity index (χ4v) is 3.10. The number of rotatable bonds is 15. The van der Waals surface area contributed by atoms with Gasteiger partial charge in [0.1, 0.15) is 0 Å². The zero-order valence-electron chi connectivity index (χ0n) is 13.3. The number of hydrogen-bond acceptors (Lipinski definition) is 0. The van der Waals surface area contributed by atoms with Gasteiger partial charge < -0.3 is 0 Å². The summed E-state index contributed by atoms with van der Waals surface area (Å²) in [6, 6.07) is 0. The van der Waals surface area contributed by atoms with Crippen molar-refractivity contribution < 1.29 is 0 Å². The van der Waals surface area contributed by atoms with Crippen LogP contribution in [0, 0.1) is 4.43 Å². The molecule has 0 amide bonds. The fraction of sp³-hybridized carbons (Fsp3) is 0.833. The molecule has 0 fully saturated rings. The van der Waals surface area contributed by atoms with Crippen LogP contribution in [-0.2, 0) is 0 Å². The van der Waals surface area contributed by atoms with Crippen molar-refractivity contribution in [1.29, 1.82) is 0 Å². The Morgan fingerprint density at radius 2 is 1.25 bits per heavy atom. The van der Waals surface area contributed by atoms with Crippen LogP contribution < -0.4 is 0 Å². The maximum atomic E-state index is 2.53. The van der Waals surface area contributed by atoms with Crippen molar-refractivity contribution in [1.82, 2.24) is 0 Å². The van der Waals surface area contributed by atoms with Gasteiger partial charge in [0.15, 0.2) is 0 Å². The first kappa shape index (κ1) is 21.2. The van der Waals surface area contributed by atoms with Gasteiger partial charge in [-0.15, -0.1) is 0 Å². The molecular formula is C18H33I2. The summed E-state index contributed by atoms with van der Waals surface area (Å²) in [5.74, 6) is 0. The van der Waals surface area contributed by atoms with Crippen LogP contribution in [0.2, 0.25) is 0 Å². The van der Waals surface area contributed by atoms with Gasteiger partial charge in [0.25, 0.3) is 0 Å². The van der Waals surface area contributed by atoms with Crippen LogP contribution in [-0.4, -0.2) is 3.92 Å². The van der Waals surface area contributed by atoms with Crippen molar-refractivity contribution in [3.63, 3.8) is 0 Å². The Morgan fingerprint density at radius 1 is 0.750 bits per heavy atom. The SMILES string of the molecule is CCCCCCCC/C=C\CCCCCCC(I)[CH]I. The van der Waals surface area contributed by atoms with Crippen molar-refractivity contribution in [3.8, 4) is 0 Å². The number of halogens is 2. The molecule has 0 bridgehead atoms. The molecule has 1 unspecified atom stereocenters.